The second-order valence-electron chi connectivity index (χ2n) is 10.3. The smallest absolute Gasteiger partial charge is 0.317 e. The molecule has 0 unspecified atom stereocenters. The highest BCUT2D eigenvalue weighted by Crippen LogP contribution is 2.25. The molecular formula is C28H42N4O4S. The molecule has 0 saturated carbocycles. The summed E-state index contributed by atoms with van der Waals surface area (Å²) >= 11 is 0. The standard InChI is InChI=1S/C28H42N4O4S/c1-5-6-17-32(28(33)29-20-22(2)3)25-15-18-31(19-16-25)21-23-7-11-26(12-8-23)36-27-13-9-24(10-14-27)30-37(4,34)35/h7-14,22,25,30H,5-6,15-21H2,1-4H3,(H,29,33). The van der Waals surface area contributed by atoms with Crippen LogP contribution in [0.25, 0.3) is 0 Å². The monoisotopic (exact) mass is 530 g/mol. The van der Waals surface area contributed by atoms with Crippen molar-refractivity contribution in [2.24, 2.45) is 5.92 Å². The fraction of sp³-hybridized carbons (Fsp3) is 0.536. The molecule has 1 aliphatic heterocycles. The third-order valence-corrected chi connectivity index (χ3v) is 7.00. The van der Waals surface area contributed by atoms with Crippen molar-refractivity contribution in [3.8, 4) is 11.5 Å². The van der Waals surface area contributed by atoms with E-state index in [4.69, 9.17) is 4.74 Å². The van der Waals surface area contributed by atoms with Gasteiger partial charge in [0, 0.05) is 44.5 Å². The van der Waals surface area contributed by atoms with Crippen molar-refractivity contribution in [2.45, 2.75) is 59.0 Å². The number of urea groups is 1. The van der Waals surface area contributed by atoms with Gasteiger partial charge in [0.1, 0.15) is 11.5 Å². The number of benzene rings is 2. The van der Waals surface area contributed by atoms with Gasteiger partial charge < -0.3 is 15.0 Å². The Balaban J connectivity index is 1.49. The quantitative estimate of drug-likeness (QED) is 0.390. The maximum atomic E-state index is 12.8. The highest BCUT2D eigenvalue weighted by molar-refractivity contribution is 7.92. The zero-order valence-electron chi connectivity index (χ0n) is 22.6. The van der Waals surface area contributed by atoms with Crippen LogP contribution in [-0.2, 0) is 16.6 Å². The summed E-state index contributed by atoms with van der Waals surface area (Å²) in [5.41, 5.74) is 1.72. The van der Waals surface area contributed by atoms with Crippen LogP contribution in [0.1, 0.15) is 52.0 Å². The molecule has 1 heterocycles. The van der Waals surface area contributed by atoms with E-state index in [0.29, 0.717) is 29.9 Å². The van der Waals surface area contributed by atoms with Gasteiger partial charge in [0.05, 0.1) is 6.26 Å². The molecule has 2 amide bonds. The van der Waals surface area contributed by atoms with E-state index in [1.807, 2.05) is 12.1 Å². The Kier molecular flexibility index (Phi) is 10.6. The lowest BCUT2D eigenvalue weighted by Gasteiger charge is -2.38. The molecule has 8 nitrogen and oxygen atoms in total. The Labute approximate surface area is 222 Å². The van der Waals surface area contributed by atoms with Crippen LogP contribution >= 0.6 is 0 Å². The number of ether oxygens (including phenoxy) is 1. The maximum Gasteiger partial charge on any atom is 0.317 e. The molecular weight excluding hydrogens is 488 g/mol. The zero-order valence-corrected chi connectivity index (χ0v) is 23.4. The summed E-state index contributed by atoms with van der Waals surface area (Å²) in [5, 5.41) is 3.11. The molecule has 1 aliphatic rings. The molecule has 2 aromatic rings. The van der Waals surface area contributed by atoms with Gasteiger partial charge in [-0.2, -0.15) is 0 Å². The Morgan fingerprint density at radius 2 is 1.65 bits per heavy atom. The normalized spacial score (nSPS) is 14.9. The molecule has 9 heteroatoms. The third-order valence-electron chi connectivity index (χ3n) is 6.40. The molecule has 1 fully saturated rings. The van der Waals surface area contributed by atoms with Crippen LogP contribution in [0.2, 0.25) is 0 Å². The van der Waals surface area contributed by atoms with Crippen LogP contribution in [-0.4, -0.2) is 62.7 Å². The number of likely N-dealkylation sites (tertiary alicyclic amines) is 1. The first-order chi connectivity index (χ1) is 17.6. The topological polar surface area (TPSA) is 91.0 Å². The number of piperidine rings is 1. The number of nitrogens with one attached hydrogen (secondary N) is 2. The Hall–Kier alpha value is -2.78. The maximum absolute atomic E-state index is 12.8. The Bertz CT molecular complexity index is 1080. The van der Waals surface area contributed by atoms with E-state index in [9.17, 15) is 13.2 Å². The van der Waals surface area contributed by atoms with E-state index < -0.39 is 10.0 Å². The van der Waals surface area contributed by atoms with Crippen molar-refractivity contribution >= 4 is 21.7 Å². The summed E-state index contributed by atoms with van der Waals surface area (Å²) in [4.78, 5) is 17.3. The molecule has 0 aromatic heterocycles. The number of carbonyl (C=O) groups is 1. The molecule has 0 aliphatic carbocycles. The number of sulfonamides is 1. The molecule has 37 heavy (non-hydrogen) atoms. The van der Waals surface area contributed by atoms with Gasteiger partial charge in [-0.3, -0.25) is 9.62 Å². The largest absolute Gasteiger partial charge is 0.457 e. The first-order valence-corrected chi connectivity index (χ1v) is 15.1. The molecule has 0 bridgehead atoms. The Morgan fingerprint density at radius 3 is 2.19 bits per heavy atom. The lowest BCUT2D eigenvalue weighted by atomic mass is 10.0. The van der Waals surface area contributed by atoms with Gasteiger partial charge in [-0.05, 0) is 67.1 Å². The minimum atomic E-state index is -3.30. The van der Waals surface area contributed by atoms with Crippen molar-refractivity contribution < 1.29 is 17.9 Å². The Morgan fingerprint density at radius 1 is 1.05 bits per heavy atom. The average Bonchev–Trinajstić information content (AvgIpc) is 2.85. The molecule has 0 radical (unpaired) electrons. The van der Waals surface area contributed by atoms with E-state index in [1.165, 1.54) is 5.56 Å². The molecule has 204 valence electrons. The van der Waals surface area contributed by atoms with Crippen molar-refractivity contribution in [3.63, 3.8) is 0 Å². The predicted molar refractivity (Wildman–Crippen MR) is 150 cm³/mol. The molecule has 3 rings (SSSR count). The number of nitrogens with zero attached hydrogens (tertiary/aromatic N) is 2. The molecule has 0 spiro atoms. The van der Waals surface area contributed by atoms with Gasteiger partial charge in [-0.15, -0.1) is 0 Å². The van der Waals surface area contributed by atoms with Gasteiger partial charge in [-0.25, -0.2) is 13.2 Å². The average molecular weight is 531 g/mol. The minimum Gasteiger partial charge on any atom is -0.457 e. The lowest BCUT2D eigenvalue weighted by molar-refractivity contribution is 0.116. The van der Waals surface area contributed by atoms with Crippen molar-refractivity contribution in [2.75, 3.05) is 37.2 Å². The number of carbonyl (C=O) groups excluding carboxylic acids is 1. The summed E-state index contributed by atoms with van der Waals surface area (Å²) in [6.45, 7) is 10.7. The van der Waals surface area contributed by atoms with Gasteiger partial charge >= 0.3 is 6.03 Å². The van der Waals surface area contributed by atoms with Gasteiger partial charge in [-0.1, -0.05) is 39.3 Å². The highest BCUT2D eigenvalue weighted by atomic mass is 32.2. The number of amides is 2. The third kappa shape index (κ3) is 9.89. The summed E-state index contributed by atoms with van der Waals surface area (Å²) in [7, 11) is -3.30. The van der Waals surface area contributed by atoms with Crippen LogP contribution in [0.5, 0.6) is 11.5 Å². The van der Waals surface area contributed by atoms with E-state index in [2.05, 4.69) is 52.7 Å². The van der Waals surface area contributed by atoms with E-state index in [1.54, 1.807) is 24.3 Å². The summed E-state index contributed by atoms with van der Waals surface area (Å²) in [5.74, 6) is 1.81. The van der Waals surface area contributed by atoms with Crippen LogP contribution in [0.4, 0.5) is 10.5 Å². The second-order valence-corrected chi connectivity index (χ2v) is 12.0. The summed E-state index contributed by atoms with van der Waals surface area (Å²) < 4.78 is 31.0. The van der Waals surface area contributed by atoms with E-state index >= 15 is 0 Å². The number of hydrogen-bond acceptors (Lipinski definition) is 5. The summed E-state index contributed by atoms with van der Waals surface area (Å²) in [6, 6.07) is 15.3. The van der Waals surface area contributed by atoms with Crippen molar-refractivity contribution in [3.05, 3.63) is 54.1 Å². The zero-order chi connectivity index (χ0) is 26.8. The molecule has 1 saturated heterocycles. The van der Waals surface area contributed by atoms with Crippen LogP contribution in [0.3, 0.4) is 0 Å². The first kappa shape index (κ1) is 28.8. The highest BCUT2D eigenvalue weighted by Gasteiger charge is 2.27. The number of unbranched alkanes of at least 4 members (excludes halogenated alkanes) is 1. The lowest BCUT2D eigenvalue weighted by Crippen LogP contribution is -2.51. The van der Waals surface area contributed by atoms with E-state index in [0.717, 1.165) is 63.9 Å². The fourth-order valence-corrected chi connectivity index (χ4v) is 4.99. The minimum absolute atomic E-state index is 0.0810. The summed E-state index contributed by atoms with van der Waals surface area (Å²) in [6.07, 6.45) is 5.22. The van der Waals surface area contributed by atoms with Crippen molar-refractivity contribution in [1.82, 2.24) is 15.1 Å². The van der Waals surface area contributed by atoms with Crippen LogP contribution in [0.15, 0.2) is 48.5 Å². The number of hydrogen-bond donors (Lipinski definition) is 2. The first-order valence-electron chi connectivity index (χ1n) is 13.2. The van der Waals surface area contributed by atoms with E-state index in [-0.39, 0.29) is 6.03 Å². The van der Waals surface area contributed by atoms with Crippen LogP contribution in [0, 0.1) is 5.92 Å². The fourth-order valence-electron chi connectivity index (χ4n) is 4.42. The molecule has 2 aromatic carbocycles. The van der Waals surface area contributed by atoms with Gasteiger partial charge in [0.25, 0.3) is 0 Å². The SMILES string of the molecule is CCCCN(C(=O)NCC(C)C)C1CCN(Cc2ccc(Oc3ccc(NS(C)(=O)=O)cc3)cc2)CC1. The van der Waals surface area contributed by atoms with Crippen molar-refractivity contribution in [1.29, 1.82) is 0 Å². The van der Waals surface area contributed by atoms with Gasteiger partial charge in [0.2, 0.25) is 10.0 Å². The predicted octanol–water partition coefficient (Wildman–Crippen LogP) is 5.28. The van der Waals surface area contributed by atoms with Crippen LogP contribution < -0.4 is 14.8 Å². The second kappa shape index (κ2) is 13.7. The molecule has 0 atom stereocenters. The molecule has 2 N–H and O–H groups in total. The number of anilines is 1. The number of rotatable bonds is 12. The van der Waals surface area contributed by atoms with Gasteiger partial charge in [0.15, 0.2) is 0 Å².